The van der Waals surface area contributed by atoms with E-state index >= 15 is 0 Å². The van der Waals surface area contributed by atoms with Crippen molar-refractivity contribution in [2.24, 2.45) is 0 Å². The third-order valence-electron chi connectivity index (χ3n) is 3.63. The molecule has 0 aliphatic rings. The Labute approximate surface area is 155 Å². The number of halogens is 1. The summed E-state index contributed by atoms with van der Waals surface area (Å²) in [6.45, 7) is 0.780. The second-order valence-electron chi connectivity index (χ2n) is 5.34. The molecular formula is C21H16BrNO2. The Balaban J connectivity index is 1.52. The SMILES string of the molecule is N#Cc1cc(Br)ccc1OCCOc1ccc(-c2ccccc2)cc1. The fourth-order valence-corrected chi connectivity index (χ4v) is 2.76. The van der Waals surface area contributed by atoms with E-state index in [4.69, 9.17) is 14.7 Å². The van der Waals surface area contributed by atoms with Gasteiger partial charge in [-0.3, -0.25) is 0 Å². The van der Waals surface area contributed by atoms with E-state index in [1.54, 1.807) is 12.1 Å². The van der Waals surface area contributed by atoms with Crippen LogP contribution in [0, 0.1) is 11.3 Å². The van der Waals surface area contributed by atoms with Crippen LogP contribution in [0.1, 0.15) is 5.56 Å². The van der Waals surface area contributed by atoms with Crippen molar-refractivity contribution >= 4 is 15.9 Å². The minimum atomic E-state index is 0.372. The maximum Gasteiger partial charge on any atom is 0.137 e. The average molecular weight is 394 g/mol. The first-order valence-electron chi connectivity index (χ1n) is 7.87. The van der Waals surface area contributed by atoms with E-state index in [1.165, 1.54) is 5.56 Å². The van der Waals surface area contributed by atoms with Crippen molar-refractivity contribution in [2.45, 2.75) is 0 Å². The summed E-state index contributed by atoms with van der Waals surface area (Å²) in [5.74, 6) is 1.35. The van der Waals surface area contributed by atoms with E-state index in [0.717, 1.165) is 15.8 Å². The molecule has 25 heavy (non-hydrogen) atoms. The number of nitriles is 1. The Morgan fingerprint density at radius 3 is 2.20 bits per heavy atom. The van der Waals surface area contributed by atoms with E-state index in [-0.39, 0.29) is 0 Å². The smallest absolute Gasteiger partial charge is 0.137 e. The minimum Gasteiger partial charge on any atom is -0.490 e. The van der Waals surface area contributed by atoms with Gasteiger partial charge in [-0.1, -0.05) is 58.4 Å². The summed E-state index contributed by atoms with van der Waals surface area (Å²) in [6.07, 6.45) is 0. The molecule has 3 rings (SSSR count). The van der Waals surface area contributed by atoms with Gasteiger partial charge in [-0.2, -0.15) is 5.26 Å². The van der Waals surface area contributed by atoms with Gasteiger partial charge in [-0.05, 0) is 41.5 Å². The van der Waals surface area contributed by atoms with Gasteiger partial charge >= 0.3 is 0 Å². The Morgan fingerprint density at radius 2 is 1.48 bits per heavy atom. The maximum absolute atomic E-state index is 9.12. The normalized spacial score (nSPS) is 10.1. The predicted molar refractivity (Wildman–Crippen MR) is 102 cm³/mol. The molecule has 0 heterocycles. The molecule has 0 unspecified atom stereocenters. The molecule has 0 saturated carbocycles. The molecule has 0 aromatic heterocycles. The summed E-state index contributed by atoms with van der Waals surface area (Å²) in [5.41, 5.74) is 2.83. The van der Waals surface area contributed by atoms with Crippen molar-refractivity contribution in [2.75, 3.05) is 13.2 Å². The second-order valence-corrected chi connectivity index (χ2v) is 6.26. The van der Waals surface area contributed by atoms with Crippen LogP contribution in [0.25, 0.3) is 11.1 Å². The summed E-state index contributed by atoms with van der Waals surface area (Å²) in [5, 5.41) is 9.12. The first-order valence-corrected chi connectivity index (χ1v) is 8.66. The zero-order chi connectivity index (χ0) is 17.5. The lowest BCUT2D eigenvalue weighted by atomic mass is 10.1. The molecule has 0 aliphatic heterocycles. The molecule has 3 aromatic rings. The monoisotopic (exact) mass is 393 g/mol. The Bertz CT molecular complexity index is 871. The number of hydrogen-bond acceptors (Lipinski definition) is 3. The Kier molecular flexibility index (Phi) is 5.71. The largest absolute Gasteiger partial charge is 0.490 e. The fraction of sp³-hybridized carbons (Fsp3) is 0.0952. The van der Waals surface area contributed by atoms with Crippen molar-refractivity contribution in [3.05, 3.63) is 82.8 Å². The molecule has 0 amide bonds. The van der Waals surface area contributed by atoms with Crippen LogP contribution in [0.4, 0.5) is 0 Å². The van der Waals surface area contributed by atoms with Crippen LogP contribution in [0.15, 0.2) is 77.3 Å². The molecule has 124 valence electrons. The zero-order valence-electron chi connectivity index (χ0n) is 13.5. The highest BCUT2D eigenvalue weighted by atomic mass is 79.9. The van der Waals surface area contributed by atoms with E-state index in [1.807, 2.05) is 48.5 Å². The summed E-state index contributed by atoms with van der Waals surface area (Å²) in [4.78, 5) is 0. The van der Waals surface area contributed by atoms with E-state index < -0.39 is 0 Å². The Hall–Kier alpha value is -2.77. The molecule has 3 nitrogen and oxygen atoms in total. The van der Waals surface area contributed by atoms with Gasteiger partial charge in [0.25, 0.3) is 0 Å². The molecule has 0 fully saturated rings. The summed E-state index contributed by atoms with van der Waals surface area (Å²) in [6, 6.07) is 25.6. The summed E-state index contributed by atoms with van der Waals surface area (Å²) in [7, 11) is 0. The highest BCUT2D eigenvalue weighted by molar-refractivity contribution is 9.10. The topological polar surface area (TPSA) is 42.2 Å². The first kappa shape index (κ1) is 17.1. The summed E-state index contributed by atoms with van der Waals surface area (Å²) >= 11 is 3.34. The first-order chi connectivity index (χ1) is 12.3. The lowest BCUT2D eigenvalue weighted by molar-refractivity contribution is 0.217. The number of benzene rings is 3. The van der Waals surface area contributed by atoms with Crippen molar-refractivity contribution in [3.63, 3.8) is 0 Å². The zero-order valence-corrected chi connectivity index (χ0v) is 15.1. The molecule has 4 heteroatoms. The number of nitrogens with zero attached hydrogens (tertiary/aromatic N) is 1. The van der Waals surface area contributed by atoms with Crippen LogP contribution in [-0.2, 0) is 0 Å². The highest BCUT2D eigenvalue weighted by Gasteiger charge is 2.04. The molecule has 0 N–H and O–H groups in total. The predicted octanol–water partition coefficient (Wildman–Crippen LogP) is 5.45. The van der Waals surface area contributed by atoms with E-state index in [2.05, 4.69) is 34.1 Å². The van der Waals surface area contributed by atoms with Gasteiger partial charge in [-0.15, -0.1) is 0 Å². The van der Waals surface area contributed by atoms with Gasteiger partial charge in [0.1, 0.15) is 30.8 Å². The third-order valence-corrected chi connectivity index (χ3v) is 4.13. The molecule has 0 bridgehead atoms. The Morgan fingerprint density at radius 1 is 0.800 bits per heavy atom. The number of rotatable bonds is 6. The second kappa shape index (κ2) is 8.36. The van der Waals surface area contributed by atoms with Crippen LogP contribution in [0.2, 0.25) is 0 Å². The van der Waals surface area contributed by atoms with Gasteiger partial charge in [-0.25, -0.2) is 0 Å². The van der Waals surface area contributed by atoms with Gasteiger partial charge in [0.2, 0.25) is 0 Å². The van der Waals surface area contributed by atoms with Gasteiger partial charge < -0.3 is 9.47 Å². The fourth-order valence-electron chi connectivity index (χ4n) is 2.40. The average Bonchev–Trinajstić information content (AvgIpc) is 2.67. The molecular weight excluding hydrogens is 378 g/mol. The van der Waals surface area contributed by atoms with Crippen LogP contribution in [-0.4, -0.2) is 13.2 Å². The van der Waals surface area contributed by atoms with Crippen LogP contribution in [0.3, 0.4) is 0 Å². The van der Waals surface area contributed by atoms with Crippen molar-refractivity contribution in [3.8, 4) is 28.7 Å². The van der Waals surface area contributed by atoms with Crippen LogP contribution < -0.4 is 9.47 Å². The van der Waals surface area contributed by atoms with Crippen LogP contribution in [0.5, 0.6) is 11.5 Å². The van der Waals surface area contributed by atoms with E-state index in [9.17, 15) is 0 Å². The standard InChI is InChI=1S/C21H16BrNO2/c22-19-8-11-21(18(14-19)15-23)25-13-12-24-20-9-6-17(7-10-20)16-4-2-1-3-5-16/h1-11,14H,12-13H2. The molecule has 0 radical (unpaired) electrons. The van der Waals surface area contributed by atoms with Gasteiger partial charge in [0, 0.05) is 4.47 Å². The van der Waals surface area contributed by atoms with Gasteiger partial charge in [0.05, 0.1) is 5.56 Å². The number of hydrogen-bond donors (Lipinski definition) is 0. The molecule has 0 aliphatic carbocycles. The van der Waals surface area contributed by atoms with Crippen molar-refractivity contribution < 1.29 is 9.47 Å². The summed E-state index contributed by atoms with van der Waals surface area (Å²) < 4.78 is 12.2. The van der Waals surface area contributed by atoms with E-state index in [0.29, 0.717) is 24.5 Å². The highest BCUT2D eigenvalue weighted by Crippen LogP contribution is 2.23. The quantitative estimate of drug-likeness (QED) is 0.523. The lowest BCUT2D eigenvalue weighted by Gasteiger charge is -2.10. The maximum atomic E-state index is 9.12. The molecule has 0 atom stereocenters. The van der Waals surface area contributed by atoms with Gasteiger partial charge in [0.15, 0.2) is 0 Å². The molecule has 3 aromatic carbocycles. The van der Waals surface area contributed by atoms with Crippen LogP contribution >= 0.6 is 15.9 Å². The van der Waals surface area contributed by atoms with Crippen molar-refractivity contribution in [1.29, 1.82) is 5.26 Å². The minimum absolute atomic E-state index is 0.372. The number of ether oxygens (including phenoxy) is 2. The lowest BCUT2D eigenvalue weighted by Crippen LogP contribution is -2.09. The third kappa shape index (κ3) is 4.62. The molecule has 0 spiro atoms. The van der Waals surface area contributed by atoms with Crippen molar-refractivity contribution in [1.82, 2.24) is 0 Å². The molecule has 0 saturated heterocycles.